The van der Waals surface area contributed by atoms with E-state index in [-0.39, 0.29) is 33.3 Å². The van der Waals surface area contributed by atoms with Gasteiger partial charge >= 0.3 is 12.2 Å². The van der Waals surface area contributed by atoms with Gasteiger partial charge in [0.2, 0.25) is 0 Å². The molecular weight excluding hydrogens is 526 g/mol. The second-order valence-electron chi connectivity index (χ2n) is 8.14. The summed E-state index contributed by atoms with van der Waals surface area (Å²) in [6.45, 7) is 1.60. The van der Waals surface area contributed by atoms with Crippen LogP contribution in [-0.4, -0.2) is 41.3 Å². The van der Waals surface area contributed by atoms with Crippen molar-refractivity contribution in [3.05, 3.63) is 41.4 Å². The van der Waals surface area contributed by atoms with Crippen molar-refractivity contribution in [3.8, 4) is 34.4 Å². The Labute approximate surface area is 207 Å². The van der Waals surface area contributed by atoms with Gasteiger partial charge in [-0.25, -0.2) is 19.0 Å². The Morgan fingerprint density at radius 2 is 1.56 bits per heavy atom. The summed E-state index contributed by atoms with van der Waals surface area (Å²) in [6, 6.07) is 8.91. The van der Waals surface area contributed by atoms with E-state index >= 15 is 0 Å². The molecule has 0 amide bonds. The SMILES string of the molecule is CC[S@@](=N)(=O)c1c(-c2nc3cc4c(cc3n2C)OC(F)(F)C(F)(F)O4)nc(-c2ccc(Cl)cc2)n1C. The number of nitrogens with one attached hydrogen (secondary N) is 1. The average molecular weight is 544 g/mol. The van der Waals surface area contributed by atoms with Gasteiger partial charge in [-0.05, 0) is 24.3 Å². The molecule has 1 N–H and O–H groups in total. The van der Waals surface area contributed by atoms with Crippen LogP contribution in [0.15, 0.2) is 41.4 Å². The number of rotatable bonds is 4. The van der Waals surface area contributed by atoms with Crippen molar-refractivity contribution in [2.45, 2.75) is 24.2 Å². The Bertz CT molecular complexity index is 1630. The maximum atomic E-state index is 13.7. The zero-order chi connectivity index (χ0) is 26.2. The van der Waals surface area contributed by atoms with Crippen LogP contribution in [0.2, 0.25) is 5.02 Å². The third kappa shape index (κ3) is 3.60. The minimum absolute atomic E-state index is 0.0102. The van der Waals surface area contributed by atoms with Crippen molar-refractivity contribution < 1.29 is 31.2 Å². The number of imidazole rings is 2. The van der Waals surface area contributed by atoms with Crippen LogP contribution in [-0.2, 0) is 23.8 Å². The highest BCUT2D eigenvalue weighted by atomic mass is 35.5. The Kier molecular flexibility index (Phi) is 5.31. The normalized spacial score (nSPS) is 17.8. The highest BCUT2D eigenvalue weighted by molar-refractivity contribution is 7.92. The van der Waals surface area contributed by atoms with Crippen LogP contribution < -0.4 is 9.47 Å². The molecule has 1 aliphatic heterocycles. The van der Waals surface area contributed by atoms with E-state index in [0.717, 1.165) is 12.1 Å². The molecule has 0 bridgehead atoms. The van der Waals surface area contributed by atoms with Crippen LogP contribution in [0.4, 0.5) is 17.6 Å². The molecule has 0 unspecified atom stereocenters. The smallest absolute Gasteiger partial charge is 0.421 e. The predicted octanol–water partition coefficient (Wildman–Crippen LogP) is 5.68. The lowest BCUT2D eigenvalue weighted by molar-refractivity contribution is -0.391. The number of aromatic nitrogens is 4. The minimum Gasteiger partial charge on any atom is -0.421 e. The molecule has 2 aromatic heterocycles. The molecule has 4 aromatic rings. The topological polar surface area (TPSA) is 95.0 Å². The van der Waals surface area contributed by atoms with E-state index in [1.807, 2.05) is 0 Å². The highest BCUT2D eigenvalue weighted by Gasteiger charge is 2.66. The molecular formula is C22H18ClF4N5O3S. The van der Waals surface area contributed by atoms with Gasteiger partial charge in [-0.2, -0.15) is 17.6 Å². The van der Waals surface area contributed by atoms with Gasteiger partial charge < -0.3 is 18.6 Å². The van der Waals surface area contributed by atoms with Gasteiger partial charge in [0.25, 0.3) is 0 Å². The third-order valence-corrected chi connectivity index (χ3v) is 7.99. The molecule has 0 saturated heterocycles. The quantitative estimate of drug-likeness (QED) is 0.334. The Balaban J connectivity index is 1.74. The first-order valence-corrected chi connectivity index (χ1v) is 12.6. The molecule has 0 aliphatic carbocycles. The predicted molar refractivity (Wildman–Crippen MR) is 124 cm³/mol. The van der Waals surface area contributed by atoms with E-state index in [0.29, 0.717) is 16.4 Å². The molecule has 36 heavy (non-hydrogen) atoms. The fraction of sp³-hybridized carbons (Fsp3) is 0.273. The van der Waals surface area contributed by atoms with Gasteiger partial charge in [-0.3, -0.25) is 0 Å². The van der Waals surface area contributed by atoms with Crippen LogP contribution >= 0.6 is 11.6 Å². The molecule has 0 spiro atoms. The Morgan fingerprint density at radius 1 is 0.972 bits per heavy atom. The van der Waals surface area contributed by atoms with E-state index in [2.05, 4.69) is 19.4 Å². The van der Waals surface area contributed by atoms with Gasteiger partial charge in [0, 0.05) is 42.6 Å². The van der Waals surface area contributed by atoms with Crippen molar-refractivity contribution in [2.75, 3.05) is 5.75 Å². The van der Waals surface area contributed by atoms with Crippen molar-refractivity contribution in [1.29, 1.82) is 4.78 Å². The second-order valence-corrected chi connectivity index (χ2v) is 10.9. The molecule has 0 radical (unpaired) electrons. The largest absolute Gasteiger partial charge is 0.507 e. The van der Waals surface area contributed by atoms with Crippen LogP contribution in [0.25, 0.3) is 33.9 Å². The lowest BCUT2D eigenvalue weighted by Gasteiger charge is -2.31. The fourth-order valence-electron chi connectivity index (χ4n) is 3.97. The molecule has 1 atom stereocenters. The first-order valence-electron chi connectivity index (χ1n) is 10.5. The zero-order valence-electron chi connectivity index (χ0n) is 19.0. The number of aryl methyl sites for hydroxylation is 1. The summed E-state index contributed by atoms with van der Waals surface area (Å²) < 4.78 is 88.0. The van der Waals surface area contributed by atoms with Gasteiger partial charge in [-0.1, -0.05) is 18.5 Å². The number of ether oxygens (including phenoxy) is 2. The Morgan fingerprint density at radius 3 is 2.14 bits per heavy atom. The van der Waals surface area contributed by atoms with E-state index in [1.54, 1.807) is 45.3 Å². The summed E-state index contributed by atoms with van der Waals surface area (Å²) in [5, 5.41) is 0.606. The van der Waals surface area contributed by atoms with Crippen LogP contribution in [0.1, 0.15) is 6.92 Å². The summed E-state index contributed by atoms with van der Waals surface area (Å²) in [4.78, 5) is 9.06. The van der Waals surface area contributed by atoms with Gasteiger partial charge in [-0.15, -0.1) is 0 Å². The van der Waals surface area contributed by atoms with E-state index < -0.39 is 33.4 Å². The Hall–Kier alpha value is -3.32. The molecule has 190 valence electrons. The number of benzene rings is 2. The number of hydrogen-bond acceptors (Lipinski definition) is 6. The number of hydrogen-bond donors (Lipinski definition) is 1. The minimum atomic E-state index is -4.87. The summed E-state index contributed by atoms with van der Waals surface area (Å²) in [6.07, 6.45) is -9.74. The monoisotopic (exact) mass is 543 g/mol. The molecule has 1 aliphatic rings. The van der Waals surface area contributed by atoms with E-state index in [4.69, 9.17) is 16.4 Å². The van der Waals surface area contributed by atoms with Gasteiger partial charge in [0.15, 0.2) is 17.3 Å². The van der Waals surface area contributed by atoms with Crippen molar-refractivity contribution in [1.82, 2.24) is 19.1 Å². The summed E-state index contributed by atoms with van der Waals surface area (Å²) in [5.41, 5.74) is 1.12. The van der Waals surface area contributed by atoms with Crippen LogP contribution in [0.5, 0.6) is 11.5 Å². The molecule has 2 aromatic carbocycles. The van der Waals surface area contributed by atoms with Crippen molar-refractivity contribution in [2.24, 2.45) is 14.1 Å². The number of alkyl halides is 4. The maximum Gasteiger partial charge on any atom is 0.507 e. The first-order chi connectivity index (χ1) is 16.8. The van der Waals surface area contributed by atoms with Crippen molar-refractivity contribution in [3.63, 3.8) is 0 Å². The highest BCUT2D eigenvalue weighted by Crippen LogP contribution is 2.48. The zero-order valence-corrected chi connectivity index (χ0v) is 20.6. The molecule has 0 fully saturated rings. The number of fused-ring (bicyclic) bond motifs is 2. The van der Waals surface area contributed by atoms with E-state index in [9.17, 15) is 21.8 Å². The number of nitrogens with zero attached hydrogens (tertiary/aromatic N) is 4. The average Bonchev–Trinajstić information content (AvgIpc) is 3.30. The third-order valence-electron chi connectivity index (χ3n) is 5.84. The first kappa shape index (κ1) is 24.4. The summed E-state index contributed by atoms with van der Waals surface area (Å²) in [7, 11) is -0.165. The van der Waals surface area contributed by atoms with Crippen molar-refractivity contribution >= 4 is 32.4 Å². The molecule has 5 rings (SSSR count). The molecule has 3 heterocycles. The standard InChI is InChI=1S/C22H18ClF4N5O3S/c1-4-36(28,33)20-17(30-18(32(20)3)11-5-7-12(23)8-6-11)19-29-13-9-15-16(10-14(13)31(19)2)35-22(26,27)21(24,25)34-15/h5-10,28H,4H2,1-3H3/t36-/m1/s1. The van der Waals surface area contributed by atoms with Crippen LogP contribution in [0.3, 0.4) is 0 Å². The van der Waals surface area contributed by atoms with E-state index in [1.165, 1.54) is 9.13 Å². The second kappa shape index (κ2) is 7.84. The van der Waals surface area contributed by atoms with Gasteiger partial charge in [0.1, 0.15) is 16.5 Å². The fourth-order valence-corrected chi connectivity index (χ4v) is 5.34. The maximum absolute atomic E-state index is 13.7. The summed E-state index contributed by atoms with van der Waals surface area (Å²) in [5.74, 6) is -0.672. The molecule has 8 nitrogen and oxygen atoms in total. The lowest BCUT2D eigenvalue weighted by atomic mass is 10.2. The van der Waals surface area contributed by atoms with Crippen LogP contribution in [0, 0.1) is 4.78 Å². The molecule has 14 heteroatoms. The lowest BCUT2D eigenvalue weighted by Crippen LogP contribution is -2.52. The van der Waals surface area contributed by atoms with Gasteiger partial charge in [0.05, 0.1) is 20.8 Å². The summed E-state index contributed by atoms with van der Waals surface area (Å²) >= 11 is 5.99. The number of halogens is 5. The molecule has 0 saturated carbocycles.